The molecule has 0 fully saturated rings. The Morgan fingerprint density at radius 2 is 2.10 bits per heavy atom. The van der Waals surface area contributed by atoms with Gasteiger partial charge in [0, 0.05) is 42.6 Å². The van der Waals surface area contributed by atoms with Crippen molar-refractivity contribution < 1.29 is 14.3 Å². The van der Waals surface area contributed by atoms with Crippen molar-refractivity contribution in [1.29, 1.82) is 0 Å². The molecule has 1 N–H and O–H groups in total. The first kappa shape index (κ1) is 20.8. The normalized spacial score (nSPS) is 17.8. The Hall–Kier alpha value is -2.42. The summed E-state index contributed by atoms with van der Waals surface area (Å²) in [4.78, 5) is 25.9. The van der Waals surface area contributed by atoms with E-state index in [1.165, 1.54) is 0 Å². The van der Waals surface area contributed by atoms with Crippen LogP contribution < -0.4 is 20.5 Å². The molecule has 2 aromatic rings. The number of thioether (sulfide) groups is 1. The molecule has 2 aliphatic heterocycles. The molecule has 3 heterocycles. The Morgan fingerprint density at radius 1 is 1.27 bits per heavy atom. The van der Waals surface area contributed by atoms with E-state index in [1.807, 2.05) is 25.1 Å². The van der Waals surface area contributed by atoms with Gasteiger partial charge in [-0.3, -0.25) is 9.36 Å². The molecule has 1 amide bonds. The molecule has 1 aromatic heterocycles. The zero-order valence-corrected chi connectivity index (χ0v) is 18.1. The van der Waals surface area contributed by atoms with Crippen molar-refractivity contribution in [3.63, 3.8) is 0 Å². The SMILES string of the molecule is CCCn1nc2n(c1=O)CCC(NC(=O)CCSc1ccc3c(c1)OCCO3)CC2. The van der Waals surface area contributed by atoms with E-state index in [-0.39, 0.29) is 17.6 Å². The van der Waals surface area contributed by atoms with Gasteiger partial charge in [-0.1, -0.05) is 6.92 Å². The standard InChI is InChI=1S/C21H28N4O4S/c1-2-9-25-21(27)24-10-7-15(3-6-19(24)23-25)22-20(26)8-13-30-16-4-5-17-18(14-16)29-12-11-28-17/h4-5,14-15H,2-3,6-13H2,1H3,(H,22,26). The van der Waals surface area contributed by atoms with E-state index in [0.717, 1.165) is 41.5 Å². The van der Waals surface area contributed by atoms with Crippen molar-refractivity contribution in [1.82, 2.24) is 19.7 Å². The van der Waals surface area contributed by atoms with Crippen LogP contribution in [0.15, 0.2) is 27.9 Å². The molecule has 0 saturated heterocycles. The second-order valence-electron chi connectivity index (χ2n) is 7.57. The fraction of sp³-hybridized carbons (Fsp3) is 0.571. The fourth-order valence-corrected chi connectivity index (χ4v) is 4.68. The van der Waals surface area contributed by atoms with Crippen molar-refractivity contribution in [2.75, 3.05) is 19.0 Å². The van der Waals surface area contributed by atoms with Crippen molar-refractivity contribution in [2.45, 2.75) is 63.1 Å². The maximum Gasteiger partial charge on any atom is 0.345 e. The first-order valence-corrected chi connectivity index (χ1v) is 11.6. The van der Waals surface area contributed by atoms with Gasteiger partial charge in [0.15, 0.2) is 11.5 Å². The number of carbonyl (C=O) groups is 1. The quantitative estimate of drug-likeness (QED) is 0.675. The molecule has 1 atom stereocenters. The number of aromatic nitrogens is 3. The number of hydrogen-bond donors (Lipinski definition) is 1. The molecule has 1 aromatic carbocycles. The maximum atomic E-state index is 12.4. The van der Waals surface area contributed by atoms with Crippen molar-refractivity contribution in [3.8, 4) is 11.5 Å². The monoisotopic (exact) mass is 432 g/mol. The van der Waals surface area contributed by atoms with E-state index >= 15 is 0 Å². The number of amides is 1. The molecule has 0 saturated carbocycles. The summed E-state index contributed by atoms with van der Waals surface area (Å²) in [5.41, 5.74) is -0.0327. The van der Waals surface area contributed by atoms with Gasteiger partial charge in [0.2, 0.25) is 5.91 Å². The Morgan fingerprint density at radius 3 is 2.93 bits per heavy atom. The number of benzene rings is 1. The third kappa shape index (κ3) is 4.83. The number of fused-ring (bicyclic) bond motifs is 2. The predicted molar refractivity (Wildman–Crippen MR) is 114 cm³/mol. The topological polar surface area (TPSA) is 87.4 Å². The third-order valence-electron chi connectivity index (χ3n) is 5.33. The second kappa shape index (κ2) is 9.59. The Labute approximate surface area is 179 Å². The second-order valence-corrected chi connectivity index (χ2v) is 8.74. The van der Waals surface area contributed by atoms with Crippen LogP contribution in [-0.4, -0.2) is 45.3 Å². The summed E-state index contributed by atoms with van der Waals surface area (Å²) in [7, 11) is 0. The van der Waals surface area contributed by atoms with Gasteiger partial charge in [-0.25, -0.2) is 9.48 Å². The average molecular weight is 433 g/mol. The molecule has 0 bridgehead atoms. The van der Waals surface area contributed by atoms with E-state index in [9.17, 15) is 9.59 Å². The summed E-state index contributed by atoms with van der Waals surface area (Å²) >= 11 is 1.63. The van der Waals surface area contributed by atoms with E-state index in [0.29, 0.717) is 44.9 Å². The molecule has 2 aliphatic rings. The summed E-state index contributed by atoms with van der Waals surface area (Å²) in [6.45, 7) is 4.44. The van der Waals surface area contributed by atoms with Crippen molar-refractivity contribution >= 4 is 17.7 Å². The molecule has 8 nitrogen and oxygen atoms in total. The highest BCUT2D eigenvalue weighted by Gasteiger charge is 2.22. The van der Waals surface area contributed by atoms with Gasteiger partial charge in [-0.2, -0.15) is 5.10 Å². The Bertz CT molecular complexity index is 955. The number of carbonyl (C=O) groups excluding carboxylic acids is 1. The van der Waals surface area contributed by atoms with Gasteiger partial charge in [0.1, 0.15) is 19.0 Å². The zero-order chi connectivity index (χ0) is 20.9. The number of rotatable bonds is 7. The minimum Gasteiger partial charge on any atom is -0.486 e. The lowest BCUT2D eigenvalue weighted by atomic mass is 10.1. The largest absolute Gasteiger partial charge is 0.486 e. The van der Waals surface area contributed by atoms with E-state index in [1.54, 1.807) is 21.0 Å². The van der Waals surface area contributed by atoms with Gasteiger partial charge < -0.3 is 14.8 Å². The molecule has 9 heteroatoms. The average Bonchev–Trinajstić information content (AvgIpc) is 2.91. The first-order valence-electron chi connectivity index (χ1n) is 10.6. The van der Waals surface area contributed by atoms with Gasteiger partial charge in [0.25, 0.3) is 0 Å². The summed E-state index contributed by atoms with van der Waals surface area (Å²) < 4.78 is 14.5. The number of aryl methyl sites for hydroxylation is 2. The molecule has 4 rings (SSSR count). The van der Waals surface area contributed by atoms with Crippen molar-refractivity contribution in [3.05, 3.63) is 34.5 Å². The molecule has 162 valence electrons. The number of hydrogen-bond acceptors (Lipinski definition) is 6. The summed E-state index contributed by atoms with van der Waals surface area (Å²) in [6.07, 6.45) is 3.61. The Balaban J connectivity index is 1.23. The molecule has 0 aliphatic carbocycles. The molecular weight excluding hydrogens is 404 g/mol. The van der Waals surface area contributed by atoms with Crippen LogP contribution in [0, 0.1) is 0 Å². The predicted octanol–water partition coefficient (Wildman–Crippen LogP) is 2.23. The van der Waals surface area contributed by atoms with E-state index in [4.69, 9.17) is 9.47 Å². The van der Waals surface area contributed by atoms with Crippen LogP contribution in [0.2, 0.25) is 0 Å². The third-order valence-corrected chi connectivity index (χ3v) is 6.32. The lowest BCUT2D eigenvalue weighted by molar-refractivity contribution is -0.121. The number of ether oxygens (including phenoxy) is 2. The summed E-state index contributed by atoms with van der Waals surface area (Å²) in [5, 5.41) is 7.59. The summed E-state index contributed by atoms with van der Waals surface area (Å²) in [6, 6.07) is 5.96. The molecule has 1 unspecified atom stereocenters. The van der Waals surface area contributed by atoms with Gasteiger partial charge >= 0.3 is 5.69 Å². The fourth-order valence-electron chi connectivity index (χ4n) is 3.80. The summed E-state index contributed by atoms with van der Waals surface area (Å²) in [5.74, 6) is 3.12. The molecular formula is C21H28N4O4S. The van der Waals surface area contributed by atoms with Crippen LogP contribution in [0.1, 0.15) is 38.4 Å². The van der Waals surface area contributed by atoms with Gasteiger partial charge in [0.05, 0.1) is 0 Å². The maximum absolute atomic E-state index is 12.4. The van der Waals surface area contributed by atoms with Gasteiger partial charge in [-0.05, 0) is 37.5 Å². The highest BCUT2D eigenvalue weighted by Crippen LogP contribution is 2.34. The Kier molecular flexibility index (Phi) is 6.66. The number of nitrogens with one attached hydrogen (secondary N) is 1. The van der Waals surface area contributed by atoms with Crippen LogP contribution in [-0.2, 0) is 24.3 Å². The van der Waals surface area contributed by atoms with Crippen LogP contribution in [0.5, 0.6) is 11.5 Å². The number of nitrogens with zero attached hydrogens (tertiary/aromatic N) is 3. The lowest BCUT2D eigenvalue weighted by Crippen LogP contribution is -2.36. The van der Waals surface area contributed by atoms with Gasteiger partial charge in [-0.15, -0.1) is 11.8 Å². The van der Waals surface area contributed by atoms with E-state index in [2.05, 4.69) is 10.4 Å². The highest BCUT2D eigenvalue weighted by molar-refractivity contribution is 7.99. The lowest BCUT2D eigenvalue weighted by Gasteiger charge is -2.18. The first-order chi connectivity index (χ1) is 14.6. The minimum absolute atomic E-state index is 0.0327. The molecule has 0 radical (unpaired) electrons. The highest BCUT2D eigenvalue weighted by atomic mass is 32.2. The molecule has 0 spiro atoms. The van der Waals surface area contributed by atoms with Crippen LogP contribution in [0.25, 0.3) is 0 Å². The minimum atomic E-state index is -0.0327. The molecule has 30 heavy (non-hydrogen) atoms. The smallest absolute Gasteiger partial charge is 0.345 e. The van der Waals surface area contributed by atoms with E-state index < -0.39 is 0 Å². The van der Waals surface area contributed by atoms with Crippen LogP contribution in [0.3, 0.4) is 0 Å². The van der Waals surface area contributed by atoms with Crippen LogP contribution >= 0.6 is 11.8 Å². The van der Waals surface area contributed by atoms with Crippen LogP contribution in [0.4, 0.5) is 0 Å². The zero-order valence-electron chi connectivity index (χ0n) is 17.3. The van der Waals surface area contributed by atoms with Crippen molar-refractivity contribution in [2.24, 2.45) is 0 Å².